The molecule has 1 aromatic rings. The Morgan fingerprint density at radius 2 is 1.88 bits per heavy atom. The maximum absolute atomic E-state index is 6.25. The summed E-state index contributed by atoms with van der Waals surface area (Å²) in [6.45, 7) is 6.74. The van der Waals surface area contributed by atoms with E-state index in [0.717, 1.165) is 27.4 Å². The predicted molar refractivity (Wildman–Crippen MR) is 79.3 cm³/mol. The fourth-order valence-corrected chi connectivity index (χ4v) is 2.92. The Balaban J connectivity index is 2.69. The van der Waals surface area contributed by atoms with Crippen LogP contribution in [0.4, 0.5) is 0 Å². The van der Waals surface area contributed by atoms with Crippen molar-refractivity contribution >= 4 is 27.5 Å². The van der Waals surface area contributed by atoms with E-state index in [1.807, 2.05) is 18.2 Å². The fourth-order valence-electron chi connectivity index (χ4n) is 2.27. The third-order valence-corrected chi connectivity index (χ3v) is 4.22. The van der Waals surface area contributed by atoms with E-state index in [4.69, 9.17) is 17.3 Å². The minimum atomic E-state index is 0.0220. The van der Waals surface area contributed by atoms with Gasteiger partial charge in [0.1, 0.15) is 0 Å². The highest BCUT2D eigenvalue weighted by Crippen LogP contribution is 2.32. The molecule has 2 atom stereocenters. The largest absolute Gasteiger partial charge is 0.324 e. The van der Waals surface area contributed by atoms with Gasteiger partial charge in [0.25, 0.3) is 0 Å². The summed E-state index contributed by atoms with van der Waals surface area (Å²) in [7, 11) is 0. The van der Waals surface area contributed by atoms with E-state index in [0.29, 0.717) is 5.92 Å². The van der Waals surface area contributed by atoms with Gasteiger partial charge < -0.3 is 5.73 Å². The number of nitrogens with two attached hydrogens (primary N) is 1. The van der Waals surface area contributed by atoms with E-state index in [1.165, 1.54) is 6.42 Å². The zero-order valence-electron chi connectivity index (χ0n) is 10.7. The molecule has 0 fully saturated rings. The van der Waals surface area contributed by atoms with Crippen molar-refractivity contribution in [2.45, 2.75) is 39.7 Å². The topological polar surface area (TPSA) is 26.0 Å². The van der Waals surface area contributed by atoms with E-state index in [9.17, 15) is 0 Å². The Morgan fingerprint density at radius 1 is 1.24 bits per heavy atom. The molecule has 96 valence electrons. The first kappa shape index (κ1) is 15.0. The predicted octanol–water partition coefficient (Wildman–Crippen LogP) is 5.17. The lowest BCUT2D eigenvalue weighted by Crippen LogP contribution is -2.15. The Bertz CT molecular complexity index is 365. The summed E-state index contributed by atoms with van der Waals surface area (Å²) in [4.78, 5) is 0. The lowest BCUT2D eigenvalue weighted by molar-refractivity contribution is 0.387. The number of halogens is 2. The third-order valence-electron chi connectivity index (χ3n) is 2.91. The van der Waals surface area contributed by atoms with Crippen LogP contribution in [0, 0.1) is 11.8 Å². The summed E-state index contributed by atoms with van der Waals surface area (Å²) >= 11 is 9.68. The van der Waals surface area contributed by atoms with E-state index in [2.05, 4.69) is 36.7 Å². The van der Waals surface area contributed by atoms with Crippen LogP contribution in [0.2, 0.25) is 5.02 Å². The molecule has 17 heavy (non-hydrogen) atoms. The van der Waals surface area contributed by atoms with Gasteiger partial charge in [0.15, 0.2) is 0 Å². The molecule has 3 heteroatoms. The van der Waals surface area contributed by atoms with Gasteiger partial charge in [-0.2, -0.15) is 0 Å². The van der Waals surface area contributed by atoms with E-state index >= 15 is 0 Å². The molecule has 1 aromatic carbocycles. The molecule has 0 heterocycles. The monoisotopic (exact) mass is 317 g/mol. The summed E-state index contributed by atoms with van der Waals surface area (Å²) in [5, 5.41) is 0.747. The summed E-state index contributed by atoms with van der Waals surface area (Å²) < 4.78 is 0.920. The number of hydrogen-bond acceptors (Lipinski definition) is 1. The number of benzene rings is 1. The van der Waals surface area contributed by atoms with Crippen LogP contribution in [0.1, 0.15) is 45.2 Å². The molecule has 2 N–H and O–H groups in total. The van der Waals surface area contributed by atoms with Crippen LogP contribution in [0.5, 0.6) is 0 Å². The van der Waals surface area contributed by atoms with Crippen LogP contribution in [-0.4, -0.2) is 0 Å². The Labute approximate surface area is 118 Å². The van der Waals surface area contributed by atoms with Gasteiger partial charge in [-0.3, -0.25) is 0 Å². The van der Waals surface area contributed by atoms with Gasteiger partial charge in [-0.05, 0) is 52.2 Å². The van der Waals surface area contributed by atoms with Gasteiger partial charge in [0.05, 0.1) is 5.02 Å². The molecule has 0 saturated carbocycles. The molecular weight excluding hydrogens is 298 g/mol. The van der Waals surface area contributed by atoms with Crippen molar-refractivity contribution in [2.75, 3.05) is 0 Å². The van der Waals surface area contributed by atoms with Crippen molar-refractivity contribution in [1.82, 2.24) is 0 Å². The normalized spacial score (nSPS) is 15.0. The first-order chi connectivity index (χ1) is 7.91. The van der Waals surface area contributed by atoms with Crippen LogP contribution in [0.3, 0.4) is 0 Å². The minimum Gasteiger partial charge on any atom is -0.324 e. The fraction of sp³-hybridized carbons (Fsp3) is 0.571. The third kappa shape index (κ3) is 4.61. The Kier molecular flexibility index (Phi) is 5.98. The van der Waals surface area contributed by atoms with Crippen LogP contribution in [0.15, 0.2) is 22.7 Å². The molecule has 0 aliphatic carbocycles. The highest BCUT2D eigenvalue weighted by Gasteiger charge is 2.15. The van der Waals surface area contributed by atoms with Gasteiger partial charge in [-0.25, -0.2) is 0 Å². The molecule has 0 spiro atoms. The highest BCUT2D eigenvalue weighted by atomic mass is 79.9. The molecule has 2 unspecified atom stereocenters. The highest BCUT2D eigenvalue weighted by molar-refractivity contribution is 9.10. The molecule has 0 saturated heterocycles. The van der Waals surface area contributed by atoms with Gasteiger partial charge in [0.2, 0.25) is 0 Å². The second-order valence-corrected chi connectivity index (χ2v) is 6.45. The zero-order valence-corrected chi connectivity index (χ0v) is 13.1. The second-order valence-electron chi connectivity index (χ2n) is 5.22. The summed E-state index contributed by atoms with van der Waals surface area (Å²) in [6.07, 6.45) is 2.19. The average Bonchev–Trinajstić information content (AvgIpc) is 2.20. The van der Waals surface area contributed by atoms with Crippen molar-refractivity contribution < 1.29 is 0 Å². The van der Waals surface area contributed by atoms with Crippen LogP contribution in [0.25, 0.3) is 0 Å². The molecule has 0 aromatic heterocycles. The van der Waals surface area contributed by atoms with Crippen LogP contribution >= 0.6 is 27.5 Å². The Morgan fingerprint density at radius 3 is 2.47 bits per heavy atom. The molecule has 1 nitrogen and oxygen atoms in total. The van der Waals surface area contributed by atoms with Gasteiger partial charge in [-0.1, -0.05) is 44.5 Å². The molecule has 0 bridgehead atoms. The van der Waals surface area contributed by atoms with E-state index < -0.39 is 0 Å². The average molecular weight is 319 g/mol. The maximum atomic E-state index is 6.25. The maximum Gasteiger partial charge on any atom is 0.0595 e. The second kappa shape index (κ2) is 6.77. The van der Waals surface area contributed by atoms with Gasteiger partial charge in [0, 0.05) is 10.5 Å². The van der Waals surface area contributed by atoms with Gasteiger partial charge >= 0.3 is 0 Å². The molecule has 0 aliphatic rings. The lowest BCUT2D eigenvalue weighted by Gasteiger charge is -2.20. The van der Waals surface area contributed by atoms with E-state index in [-0.39, 0.29) is 6.04 Å². The molecular formula is C14H21BrClN. The number of hydrogen-bond donors (Lipinski definition) is 1. The molecule has 0 aliphatic heterocycles. The summed E-state index contributed by atoms with van der Waals surface area (Å²) in [5.74, 6) is 1.34. The smallest absolute Gasteiger partial charge is 0.0595 e. The van der Waals surface area contributed by atoms with Crippen molar-refractivity contribution in [2.24, 2.45) is 17.6 Å². The first-order valence-corrected chi connectivity index (χ1v) is 7.28. The first-order valence-electron chi connectivity index (χ1n) is 6.11. The lowest BCUT2D eigenvalue weighted by atomic mass is 9.90. The summed E-state index contributed by atoms with van der Waals surface area (Å²) in [6, 6.07) is 5.96. The van der Waals surface area contributed by atoms with Crippen molar-refractivity contribution in [3.8, 4) is 0 Å². The molecule has 1 rings (SSSR count). The quantitative estimate of drug-likeness (QED) is 0.796. The van der Waals surface area contributed by atoms with Gasteiger partial charge in [-0.15, -0.1) is 0 Å². The SMILES string of the molecule is CC(C)CC(C)CC(N)c1cccc(Br)c1Cl. The minimum absolute atomic E-state index is 0.0220. The van der Waals surface area contributed by atoms with Crippen molar-refractivity contribution in [3.05, 3.63) is 33.3 Å². The molecule has 0 amide bonds. The Hall–Kier alpha value is -0.0500. The van der Waals surface area contributed by atoms with Crippen LogP contribution < -0.4 is 5.73 Å². The molecule has 0 radical (unpaired) electrons. The van der Waals surface area contributed by atoms with E-state index in [1.54, 1.807) is 0 Å². The van der Waals surface area contributed by atoms with Crippen molar-refractivity contribution in [3.63, 3.8) is 0 Å². The summed E-state index contributed by atoms with van der Waals surface area (Å²) in [5.41, 5.74) is 7.27. The van der Waals surface area contributed by atoms with Crippen molar-refractivity contribution in [1.29, 1.82) is 0 Å². The van der Waals surface area contributed by atoms with Crippen LogP contribution in [-0.2, 0) is 0 Å². The standard InChI is InChI=1S/C14H21BrClN/c1-9(2)7-10(3)8-13(17)11-5-4-6-12(15)14(11)16/h4-6,9-10,13H,7-8,17H2,1-3H3. The zero-order chi connectivity index (χ0) is 13.0. The number of rotatable bonds is 5.